The monoisotopic (exact) mass is 158 g/mol. The highest BCUT2D eigenvalue weighted by molar-refractivity contribution is 5.74. The van der Waals surface area contributed by atoms with E-state index in [0.717, 1.165) is 19.4 Å². The Hall–Kier alpha value is -0.730. The van der Waals surface area contributed by atoms with E-state index >= 15 is 0 Å². The van der Waals surface area contributed by atoms with Gasteiger partial charge in [-0.05, 0) is 19.8 Å². The van der Waals surface area contributed by atoms with Gasteiger partial charge in [-0.2, -0.15) is 0 Å². The van der Waals surface area contributed by atoms with Gasteiger partial charge in [-0.1, -0.05) is 13.8 Å². The Morgan fingerprint density at radius 2 is 2.09 bits per heavy atom. The summed E-state index contributed by atoms with van der Waals surface area (Å²) in [4.78, 5) is 10.9. The molecule has 3 nitrogen and oxygen atoms in total. The molecule has 0 bridgehead atoms. The molecule has 0 aromatic heterocycles. The summed E-state index contributed by atoms with van der Waals surface area (Å²) in [6, 6.07) is 0.216. The molecule has 0 spiro atoms. The second kappa shape index (κ2) is 6.01. The van der Waals surface area contributed by atoms with Crippen LogP contribution in [0.5, 0.6) is 0 Å². The van der Waals surface area contributed by atoms with Crippen LogP contribution in [0, 0.1) is 0 Å². The quantitative estimate of drug-likeness (QED) is 0.639. The van der Waals surface area contributed by atoms with E-state index in [9.17, 15) is 4.79 Å². The van der Waals surface area contributed by atoms with Crippen molar-refractivity contribution in [3.63, 3.8) is 0 Å². The third-order valence-electron chi connectivity index (χ3n) is 1.53. The molecule has 11 heavy (non-hydrogen) atoms. The lowest BCUT2D eigenvalue weighted by atomic mass is 10.3. The van der Waals surface area contributed by atoms with Crippen LogP contribution >= 0.6 is 0 Å². The van der Waals surface area contributed by atoms with Crippen molar-refractivity contribution in [3.05, 3.63) is 0 Å². The number of hydrogen-bond donors (Lipinski definition) is 2. The van der Waals surface area contributed by atoms with Crippen LogP contribution < -0.4 is 10.6 Å². The normalized spacial score (nSPS) is 12.3. The maximum absolute atomic E-state index is 10.9. The Kier molecular flexibility index (Phi) is 5.61. The SMILES string of the molecule is CCCNC(=O)N[C@H](C)CC. The van der Waals surface area contributed by atoms with Crippen molar-refractivity contribution >= 4 is 6.03 Å². The Bertz CT molecular complexity index is 115. The number of hydrogen-bond acceptors (Lipinski definition) is 1. The summed E-state index contributed by atoms with van der Waals surface area (Å²) in [5.74, 6) is 0. The third kappa shape index (κ3) is 5.70. The first kappa shape index (κ1) is 10.3. The maximum atomic E-state index is 10.9. The molecule has 2 amide bonds. The van der Waals surface area contributed by atoms with Crippen LogP contribution in [-0.4, -0.2) is 18.6 Å². The van der Waals surface area contributed by atoms with Crippen LogP contribution in [-0.2, 0) is 0 Å². The molecule has 0 aliphatic rings. The lowest BCUT2D eigenvalue weighted by Gasteiger charge is -2.11. The summed E-state index contributed by atoms with van der Waals surface area (Å²) in [6.07, 6.45) is 1.95. The number of amides is 2. The molecule has 2 N–H and O–H groups in total. The second-order valence-electron chi connectivity index (χ2n) is 2.71. The predicted molar refractivity (Wildman–Crippen MR) is 46.6 cm³/mol. The van der Waals surface area contributed by atoms with Gasteiger partial charge in [0.1, 0.15) is 0 Å². The van der Waals surface area contributed by atoms with Crippen LogP contribution in [0.1, 0.15) is 33.6 Å². The first-order chi connectivity index (χ1) is 5.20. The highest BCUT2D eigenvalue weighted by Gasteiger charge is 2.01. The Morgan fingerprint density at radius 3 is 2.55 bits per heavy atom. The van der Waals surface area contributed by atoms with Gasteiger partial charge >= 0.3 is 6.03 Å². The summed E-state index contributed by atoms with van der Waals surface area (Å²) in [7, 11) is 0. The van der Waals surface area contributed by atoms with Crippen LogP contribution in [0.15, 0.2) is 0 Å². The molecule has 1 atom stereocenters. The van der Waals surface area contributed by atoms with Gasteiger partial charge in [0, 0.05) is 12.6 Å². The predicted octanol–water partition coefficient (Wildman–Crippen LogP) is 1.49. The zero-order valence-electron chi connectivity index (χ0n) is 7.61. The van der Waals surface area contributed by atoms with Gasteiger partial charge in [-0.25, -0.2) is 4.79 Å². The third-order valence-corrected chi connectivity index (χ3v) is 1.53. The average Bonchev–Trinajstić information content (AvgIpc) is 2.00. The largest absolute Gasteiger partial charge is 0.338 e. The molecule has 0 unspecified atom stereocenters. The fourth-order valence-electron chi connectivity index (χ4n) is 0.615. The zero-order chi connectivity index (χ0) is 8.69. The minimum Gasteiger partial charge on any atom is -0.338 e. The number of carbonyl (C=O) groups is 1. The lowest BCUT2D eigenvalue weighted by Crippen LogP contribution is -2.40. The molecular formula is C8H18N2O. The maximum Gasteiger partial charge on any atom is 0.314 e. The number of urea groups is 1. The van der Waals surface area contributed by atoms with Crippen molar-refractivity contribution in [1.29, 1.82) is 0 Å². The second-order valence-corrected chi connectivity index (χ2v) is 2.71. The van der Waals surface area contributed by atoms with Gasteiger partial charge in [0.15, 0.2) is 0 Å². The molecule has 0 aromatic carbocycles. The van der Waals surface area contributed by atoms with Gasteiger partial charge in [0.25, 0.3) is 0 Å². The standard InChI is InChI=1S/C8H18N2O/c1-4-6-9-8(11)10-7(3)5-2/h7H,4-6H2,1-3H3,(H2,9,10,11)/t7-/m1/s1. The molecule has 0 radical (unpaired) electrons. The van der Waals surface area contributed by atoms with Crippen LogP contribution in [0.3, 0.4) is 0 Å². The Morgan fingerprint density at radius 1 is 1.45 bits per heavy atom. The first-order valence-corrected chi connectivity index (χ1v) is 4.25. The lowest BCUT2D eigenvalue weighted by molar-refractivity contribution is 0.237. The van der Waals surface area contributed by atoms with Crippen molar-refractivity contribution < 1.29 is 4.79 Å². The van der Waals surface area contributed by atoms with Crippen molar-refractivity contribution in [3.8, 4) is 0 Å². The van der Waals surface area contributed by atoms with Gasteiger partial charge in [0.2, 0.25) is 0 Å². The topological polar surface area (TPSA) is 41.1 Å². The van der Waals surface area contributed by atoms with E-state index in [-0.39, 0.29) is 12.1 Å². The summed E-state index contributed by atoms with van der Waals surface area (Å²) < 4.78 is 0. The van der Waals surface area contributed by atoms with E-state index in [1.165, 1.54) is 0 Å². The fourth-order valence-corrected chi connectivity index (χ4v) is 0.615. The zero-order valence-corrected chi connectivity index (χ0v) is 7.61. The number of rotatable bonds is 4. The Labute approximate surface area is 68.6 Å². The summed E-state index contributed by atoms with van der Waals surface area (Å²) in [6.45, 7) is 6.82. The van der Waals surface area contributed by atoms with E-state index in [2.05, 4.69) is 10.6 Å². The van der Waals surface area contributed by atoms with E-state index in [0.29, 0.717) is 0 Å². The molecule has 0 heterocycles. The van der Waals surface area contributed by atoms with Crippen molar-refractivity contribution in [2.24, 2.45) is 0 Å². The molecule has 66 valence electrons. The minimum atomic E-state index is -0.0544. The van der Waals surface area contributed by atoms with Crippen LogP contribution in [0.4, 0.5) is 4.79 Å². The van der Waals surface area contributed by atoms with Gasteiger partial charge in [0.05, 0.1) is 0 Å². The van der Waals surface area contributed by atoms with Crippen molar-refractivity contribution in [2.75, 3.05) is 6.54 Å². The fraction of sp³-hybridized carbons (Fsp3) is 0.875. The van der Waals surface area contributed by atoms with E-state index < -0.39 is 0 Å². The molecule has 0 rings (SSSR count). The van der Waals surface area contributed by atoms with Crippen molar-refractivity contribution in [2.45, 2.75) is 39.7 Å². The summed E-state index contributed by atoms with van der Waals surface area (Å²) in [5, 5.41) is 5.56. The molecule has 0 aliphatic heterocycles. The van der Waals surface area contributed by atoms with E-state index in [1.807, 2.05) is 20.8 Å². The number of nitrogens with one attached hydrogen (secondary N) is 2. The van der Waals surface area contributed by atoms with E-state index in [1.54, 1.807) is 0 Å². The average molecular weight is 158 g/mol. The molecule has 0 saturated carbocycles. The van der Waals surface area contributed by atoms with E-state index in [4.69, 9.17) is 0 Å². The molecule has 0 fully saturated rings. The molecular weight excluding hydrogens is 140 g/mol. The van der Waals surface area contributed by atoms with Crippen molar-refractivity contribution in [1.82, 2.24) is 10.6 Å². The van der Waals surface area contributed by atoms with Crippen LogP contribution in [0.2, 0.25) is 0 Å². The molecule has 0 aromatic rings. The first-order valence-electron chi connectivity index (χ1n) is 4.25. The summed E-state index contributed by atoms with van der Waals surface area (Å²) in [5.41, 5.74) is 0. The minimum absolute atomic E-state index is 0.0544. The molecule has 0 saturated heterocycles. The molecule has 3 heteroatoms. The number of carbonyl (C=O) groups excluding carboxylic acids is 1. The van der Waals surface area contributed by atoms with Crippen LogP contribution in [0.25, 0.3) is 0 Å². The highest BCUT2D eigenvalue weighted by atomic mass is 16.2. The van der Waals surface area contributed by atoms with Gasteiger partial charge in [-0.15, -0.1) is 0 Å². The van der Waals surface area contributed by atoms with Gasteiger partial charge in [-0.3, -0.25) is 0 Å². The Balaban J connectivity index is 3.36. The summed E-state index contributed by atoms with van der Waals surface area (Å²) >= 11 is 0. The van der Waals surface area contributed by atoms with Gasteiger partial charge < -0.3 is 10.6 Å². The molecule has 0 aliphatic carbocycles. The highest BCUT2D eigenvalue weighted by Crippen LogP contribution is 1.86. The smallest absolute Gasteiger partial charge is 0.314 e.